The lowest BCUT2D eigenvalue weighted by atomic mass is 10.1. The summed E-state index contributed by atoms with van der Waals surface area (Å²) < 4.78 is 27.8. The molecule has 0 aliphatic heterocycles. The van der Waals surface area contributed by atoms with Gasteiger partial charge in [-0.2, -0.15) is 0 Å². The van der Waals surface area contributed by atoms with Crippen LogP contribution in [-0.4, -0.2) is 37.8 Å². The molecule has 0 bridgehead atoms. The number of hydrogen-bond donors (Lipinski definition) is 1. The number of anilines is 2. The summed E-state index contributed by atoms with van der Waals surface area (Å²) in [5.41, 5.74) is 1.46. The maximum Gasteiger partial charge on any atom is 0.264 e. The second-order valence-corrected chi connectivity index (χ2v) is 9.83. The Morgan fingerprint density at radius 3 is 2.43 bits per heavy atom. The Hall–Kier alpha value is -2.43. The summed E-state index contributed by atoms with van der Waals surface area (Å²) >= 11 is 2.68. The minimum Gasteiger partial charge on any atom is -0.296 e. The Labute approximate surface area is 171 Å². The van der Waals surface area contributed by atoms with E-state index in [-0.39, 0.29) is 16.1 Å². The maximum atomic E-state index is 13.0. The van der Waals surface area contributed by atoms with Crippen LogP contribution in [0, 0.1) is 6.92 Å². The first kappa shape index (κ1) is 20.3. The van der Waals surface area contributed by atoms with Gasteiger partial charge in [0, 0.05) is 7.05 Å². The fourth-order valence-electron chi connectivity index (χ4n) is 2.45. The average molecular weight is 435 g/mol. The lowest BCUT2D eigenvalue weighted by molar-refractivity contribution is 0.102. The van der Waals surface area contributed by atoms with Gasteiger partial charge < -0.3 is 0 Å². The van der Waals surface area contributed by atoms with E-state index >= 15 is 0 Å². The zero-order chi connectivity index (χ0) is 20.3. The number of para-hydroxylation sites is 1. The van der Waals surface area contributed by atoms with Gasteiger partial charge in [0.2, 0.25) is 5.13 Å². The topological polar surface area (TPSA) is 92.3 Å². The molecule has 1 heterocycles. The molecule has 1 N–H and O–H groups in total. The molecule has 10 heteroatoms. The molecule has 7 nitrogen and oxygen atoms in total. The summed E-state index contributed by atoms with van der Waals surface area (Å²) in [7, 11) is -2.38. The third-order valence-electron chi connectivity index (χ3n) is 3.97. The Morgan fingerprint density at radius 2 is 1.79 bits per heavy atom. The zero-order valence-corrected chi connectivity index (χ0v) is 17.9. The molecule has 3 aromatic rings. The Bertz CT molecular complexity index is 1100. The van der Waals surface area contributed by atoms with E-state index in [2.05, 4.69) is 15.5 Å². The van der Waals surface area contributed by atoms with Crippen molar-refractivity contribution < 1.29 is 13.2 Å². The number of aryl methyl sites for hydroxylation is 1. The first-order valence-electron chi connectivity index (χ1n) is 8.16. The first-order valence-corrected chi connectivity index (χ1v) is 11.6. The maximum absolute atomic E-state index is 13.0. The number of nitrogens with one attached hydrogen (secondary N) is 1. The molecule has 0 saturated heterocycles. The minimum absolute atomic E-state index is 0.157. The van der Waals surface area contributed by atoms with E-state index in [4.69, 9.17) is 0 Å². The van der Waals surface area contributed by atoms with Crippen LogP contribution in [0.1, 0.15) is 15.9 Å². The van der Waals surface area contributed by atoms with Gasteiger partial charge in [0.1, 0.15) is 0 Å². The summed E-state index contributed by atoms with van der Waals surface area (Å²) in [6.45, 7) is 1.88. The number of aromatic nitrogens is 2. The standard InChI is InChI=1S/C18H18N4O3S3/c1-12-8-10-13(11-9-12)28(24,25)22(2)15-7-5-4-6-14(15)16(23)19-17-20-21-18(26-3)27-17/h4-11H,1-3H3,(H,19,20,23). The highest BCUT2D eigenvalue weighted by atomic mass is 32.2. The van der Waals surface area contributed by atoms with Crippen LogP contribution in [0.3, 0.4) is 0 Å². The first-order chi connectivity index (χ1) is 13.3. The van der Waals surface area contributed by atoms with Crippen LogP contribution in [-0.2, 0) is 10.0 Å². The van der Waals surface area contributed by atoms with E-state index in [9.17, 15) is 13.2 Å². The Kier molecular flexibility index (Phi) is 6.01. The number of carbonyl (C=O) groups excluding carboxylic acids is 1. The molecular weight excluding hydrogens is 416 g/mol. The molecule has 28 heavy (non-hydrogen) atoms. The second kappa shape index (κ2) is 8.29. The predicted molar refractivity (Wildman–Crippen MR) is 113 cm³/mol. The van der Waals surface area contributed by atoms with Crippen molar-refractivity contribution in [3.05, 3.63) is 59.7 Å². The smallest absolute Gasteiger partial charge is 0.264 e. The summed E-state index contributed by atoms with van der Waals surface area (Å²) in [6.07, 6.45) is 1.87. The third-order valence-corrected chi connectivity index (χ3v) is 7.57. The van der Waals surface area contributed by atoms with Crippen molar-refractivity contribution >= 4 is 49.8 Å². The second-order valence-electron chi connectivity index (χ2n) is 5.83. The number of rotatable bonds is 6. The molecule has 0 radical (unpaired) electrons. The fraction of sp³-hybridized carbons (Fsp3) is 0.167. The highest BCUT2D eigenvalue weighted by molar-refractivity contribution is 8.00. The van der Waals surface area contributed by atoms with Crippen LogP contribution in [0.4, 0.5) is 10.8 Å². The molecule has 1 amide bonds. The average Bonchev–Trinajstić information content (AvgIpc) is 3.15. The van der Waals surface area contributed by atoms with E-state index in [1.165, 1.54) is 30.1 Å². The van der Waals surface area contributed by atoms with Gasteiger partial charge in [-0.05, 0) is 37.4 Å². The minimum atomic E-state index is -3.81. The lowest BCUT2D eigenvalue weighted by Gasteiger charge is -2.22. The van der Waals surface area contributed by atoms with Crippen molar-refractivity contribution in [2.24, 2.45) is 0 Å². The monoisotopic (exact) mass is 434 g/mol. The molecular formula is C18H18N4O3S3. The predicted octanol–water partition coefficient (Wildman–Crippen LogP) is 3.65. The van der Waals surface area contributed by atoms with E-state index in [1.807, 2.05) is 13.2 Å². The third kappa shape index (κ3) is 4.18. The van der Waals surface area contributed by atoms with Crippen molar-refractivity contribution in [3.8, 4) is 0 Å². The largest absolute Gasteiger partial charge is 0.296 e. The van der Waals surface area contributed by atoms with E-state index < -0.39 is 15.9 Å². The molecule has 1 aromatic heterocycles. The van der Waals surface area contributed by atoms with Crippen LogP contribution in [0.5, 0.6) is 0 Å². The Balaban J connectivity index is 1.92. The highest BCUT2D eigenvalue weighted by Crippen LogP contribution is 2.28. The van der Waals surface area contributed by atoms with Crippen molar-refractivity contribution in [2.75, 3.05) is 22.9 Å². The lowest BCUT2D eigenvalue weighted by Crippen LogP contribution is -2.29. The molecule has 0 unspecified atom stereocenters. The van der Waals surface area contributed by atoms with Crippen LogP contribution in [0.2, 0.25) is 0 Å². The fourth-order valence-corrected chi connectivity index (χ4v) is 4.82. The molecule has 0 aliphatic carbocycles. The number of benzene rings is 2. The van der Waals surface area contributed by atoms with Gasteiger partial charge in [0.25, 0.3) is 15.9 Å². The van der Waals surface area contributed by atoms with Gasteiger partial charge in [-0.1, -0.05) is 52.9 Å². The van der Waals surface area contributed by atoms with Crippen LogP contribution < -0.4 is 9.62 Å². The molecule has 0 fully saturated rings. The van der Waals surface area contributed by atoms with Gasteiger partial charge in [0.15, 0.2) is 4.34 Å². The molecule has 0 atom stereocenters. The number of carbonyl (C=O) groups is 1. The van der Waals surface area contributed by atoms with Crippen molar-refractivity contribution in [1.82, 2.24) is 10.2 Å². The van der Waals surface area contributed by atoms with Crippen molar-refractivity contribution in [3.63, 3.8) is 0 Å². The summed E-state index contributed by atoms with van der Waals surface area (Å²) in [4.78, 5) is 12.9. The van der Waals surface area contributed by atoms with Gasteiger partial charge in [0.05, 0.1) is 16.1 Å². The SMILES string of the molecule is CSc1nnc(NC(=O)c2ccccc2N(C)S(=O)(=O)c2ccc(C)cc2)s1. The zero-order valence-electron chi connectivity index (χ0n) is 15.4. The van der Waals surface area contributed by atoms with E-state index in [0.29, 0.717) is 5.13 Å². The van der Waals surface area contributed by atoms with Crippen LogP contribution >= 0.6 is 23.1 Å². The molecule has 0 aliphatic rings. The van der Waals surface area contributed by atoms with E-state index in [1.54, 1.807) is 48.5 Å². The number of nitrogens with zero attached hydrogens (tertiary/aromatic N) is 3. The van der Waals surface area contributed by atoms with Crippen molar-refractivity contribution in [2.45, 2.75) is 16.2 Å². The summed E-state index contributed by atoms with van der Waals surface area (Å²) in [6, 6.07) is 13.1. The normalized spacial score (nSPS) is 11.2. The molecule has 146 valence electrons. The van der Waals surface area contributed by atoms with Gasteiger partial charge in [-0.15, -0.1) is 10.2 Å². The number of sulfonamides is 1. The molecule has 0 saturated carbocycles. The van der Waals surface area contributed by atoms with Crippen LogP contribution in [0.25, 0.3) is 0 Å². The van der Waals surface area contributed by atoms with Crippen molar-refractivity contribution in [1.29, 1.82) is 0 Å². The molecule has 0 spiro atoms. The summed E-state index contributed by atoms with van der Waals surface area (Å²) in [5, 5.41) is 10.9. The number of amides is 1. The van der Waals surface area contributed by atoms with Gasteiger partial charge >= 0.3 is 0 Å². The molecule has 3 rings (SSSR count). The number of thioether (sulfide) groups is 1. The highest BCUT2D eigenvalue weighted by Gasteiger charge is 2.25. The summed E-state index contributed by atoms with van der Waals surface area (Å²) in [5.74, 6) is -0.453. The quantitative estimate of drug-likeness (QED) is 0.470. The Morgan fingerprint density at radius 1 is 1.11 bits per heavy atom. The van der Waals surface area contributed by atoms with Gasteiger partial charge in [-0.25, -0.2) is 8.42 Å². The van der Waals surface area contributed by atoms with E-state index in [0.717, 1.165) is 14.2 Å². The van der Waals surface area contributed by atoms with Gasteiger partial charge in [-0.3, -0.25) is 14.4 Å². The van der Waals surface area contributed by atoms with Crippen LogP contribution in [0.15, 0.2) is 57.8 Å². The number of hydrogen-bond acceptors (Lipinski definition) is 7. The molecule has 2 aromatic carbocycles.